The van der Waals surface area contributed by atoms with Gasteiger partial charge >= 0.3 is 0 Å². The van der Waals surface area contributed by atoms with Gasteiger partial charge in [-0.05, 0) is 37.8 Å². The second kappa shape index (κ2) is 9.90. The third-order valence-corrected chi connectivity index (χ3v) is 5.84. The summed E-state index contributed by atoms with van der Waals surface area (Å²) < 4.78 is 11.0. The number of carbonyl (C=O) groups excluding carboxylic acids is 1. The van der Waals surface area contributed by atoms with E-state index in [-0.39, 0.29) is 5.91 Å². The SMILES string of the molecule is Cc1cc(CSc2ncccc2C(=O)NCCO[C@H]2CCCC[C@H]2C)no1. The first-order valence-corrected chi connectivity index (χ1v) is 10.5. The topological polar surface area (TPSA) is 77.2 Å². The first kappa shape index (κ1) is 19.9. The van der Waals surface area contributed by atoms with E-state index in [2.05, 4.69) is 22.4 Å². The fourth-order valence-electron chi connectivity index (χ4n) is 3.31. The summed E-state index contributed by atoms with van der Waals surface area (Å²) in [4.78, 5) is 16.9. The molecule has 1 aliphatic rings. The molecule has 1 fully saturated rings. The number of pyridine rings is 1. The Morgan fingerprint density at radius 3 is 3.04 bits per heavy atom. The van der Waals surface area contributed by atoms with Gasteiger partial charge in [-0.15, -0.1) is 0 Å². The first-order valence-electron chi connectivity index (χ1n) is 9.53. The Morgan fingerprint density at radius 2 is 2.26 bits per heavy atom. The van der Waals surface area contributed by atoms with Crippen LogP contribution in [0.3, 0.4) is 0 Å². The van der Waals surface area contributed by atoms with Crippen molar-refractivity contribution in [1.29, 1.82) is 0 Å². The van der Waals surface area contributed by atoms with Gasteiger partial charge in [0.2, 0.25) is 0 Å². The van der Waals surface area contributed by atoms with Gasteiger partial charge in [0, 0.05) is 24.6 Å². The van der Waals surface area contributed by atoms with E-state index in [0.29, 0.717) is 41.5 Å². The minimum absolute atomic E-state index is 0.123. The minimum Gasteiger partial charge on any atom is -0.376 e. The summed E-state index contributed by atoms with van der Waals surface area (Å²) in [6.45, 7) is 5.15. The van der Waals surface area contributed by atoms with Crippen LogP contribution in [0.2, 0.25) is 0 Å². The molecule has 2 atom stereocenters. The highest BCUT2D eigenvalue weighted by Crippen LogP contribution is 2.26. The Labute approximate surface area is 164 Å². The molecule has 1 aliphatic carbocycles. The summed E-state index contributed by atoms with van der Waals surface area (Å²) in [5.41, 5.74) is 1.42. The number of nitrogens with one attached hydrogen (secondary N) is 1. The number of amides is 1. The van der Waals surface area contributed by atoms with Gasteiger partial charge in [-0.1, -0.05) is 36.7 Å². The van der Waals surface area contributed by atoms with Gasteiger partial charge in [-0.25, -0.2) is 4.98 Å². The van der Waals surface area contributed by atoms with E-state index in [0.717, 1.165) is 17.9 Å². The van der Waals surface area contributed by atoms with Crippen molar-refractivity contribution < 1.29 is 14.1 Å². The second-order valence-corrected chi connectivity index (χ2v) is 7.96. The van der Waals surface area contributed by atoms with Crippen LogP contribution in [0.4, 0.5) is 0 Å². The molecule has 2 aromatic heterocycles. The quantitative estimate of drug-likeness (QED) is 0.543. The number of ether oxygens (including phenoxy) is 1. The van der Waals surface area contributed by atoms with Gasteiger partial charge in [0.1, 0.15) is 10.8 Å². The van der Waals surface area contributed by atoms with E-state index in [4.69, 9.17) is 9.26 Å². The number of aromatic nitrogens is 2. The van der Waals surface area contributed by atoms with Crippen molar-refractivity contribution >= 4 is 17.7 Å². The number of carbonyl (C=O) groups is 1. The lowest BCUT2D eigenvalue weighted by atomic mass is 9.88. The van der Waals surface area contributed by atoms with Crippen LogP contribution in [0, 0.1) is 12.8 Å². The highest BCUT2D eigenvalue weighted by molar-refractivity contribution is 7.98. The van der Waals surface area contributed by atoms with Gasteiger partial charge in [-0.3, -0.25) is 4.79 Å². The lowest BCUT2D eigenvalue weighted by Gasteiger charge is -2.28. The lowest BCUT2D eigenvalue weighted by Crippen LogP contribution is -2.32. The number of hydrogen-bond donors (Lipinski definition) is 1. The maximum atomic E-state index is 12.5. The molecule has 1 saturated carbocycles. The highest BCUT2D eigenvalue weighted by Gasteiger charge is 2.21. The molecule has 27 heavy (non-hydrogen) atoms. The minimum atomic E-state index is -0.123. The monoisotopic (exact) mass is 389 g/mol. The lowest BCUT2D eigenvalue weighted by molar-refractivity contribution is -0.00294. The van der Waals surface area contributed by atoms with Crippen molar-refractivity contribution in [2.75, 3.05) is 13.2 Å². The fraction of sp³-hybridized carbons (Fsp3) is 0.550. The molecule has 0 radical (unpaired) electrons. The summed E-state index contributed by atoms with van der Waals surface area (Å²) in [5, 5.41) is 7.61. The third-order valence-electron chi connectivity index (χ3n) is 4.80. The standard InChI is InChI=1S/C20H27N3O3S/c1-14-6-3-4-8-18(14)25-11-10-21-19(24)17-7-5-9-22-20(17)27-13-16-12-15(2)26-23-16/h5,7,9,12,14,18H,3-4,6,8,10-11,13H2,1-2H3,(H,21,24)/t14-,18+/m1/s1. The van der Waals surface area contributed by atoms with Gasteiger partial charge in [0.25, 0.3) is 5.91 Å². The molecule has 0 aromatic carbocycles. The molecule has 2 heterocycles. The number of nitrogens with zero attached hydrogens (tertiary/aromatic N) is 2. The van der Waals surface area contributed by atoms with Crippen LogP contribution in [-0.2, 0) is 10.5 Å². The molecule has 1 N–H and O–H groups in total. The summed E-state index contributed by atoms with van der Waals surface area (Å²) in [6, 6.07) is 5.46. The summed E-state index contributed by atoms with van der Waals surface area (Å²) in [7, 11) is 0. The Morgan fingerprint density at radius 1 is 1.41 bits per heavy atom. The Bertz CT molecular complexity index is 750. The van der Waals surface area contributed by atoms with Crippen LogP contribution in [-0.4, -0.2) is 35.3 Å². The molecular weight excluding hydrogens is 362 g/mol. The molecule has 3 rings (SSSR count). The van der Waals surface area contributed by atoms with Gasteiger partial charge in [0.15, 0.2) is 0 Å². The maximum Gasteiger partial charge on any atom is 0.254 e. The van der Waals surface area contributed by atoms with Gasteiger partial charge in [-0.2, -0.15) is 0 Å². The number of hydrogen-bond acceptors (Lipinski definition) is 6. The molecule has 1 amide bonds. The molecule has 0 saturated heterocycles. The molecule has 2 aromatic rings. The van der Waals surface area contributed by atoms with Crippen LogP contribution in [0.25, 0.3) is 0 Å². The van der Waals surface area contributed by atoms with Crippen LogP contribution in [0.1, 0.15) is 54.4 Å². The average Bonchev–Trinajstić information content (AvgIpc) is 3.10. The Balaban J connectivity index is 1.47. The largest absolute Gasteiger partial charge is 0.376 e. The zero-order chi connectivity index (χ0) is 19.1. The van der Waals surface area contributed by atoms with Crippen molar-refractivity contribution in [3.8, 4) is 0 Å². The summed E-state index contributed by atoms with van der Waals surface area (Å²) >= 11 is 1.48. The van der Waals surface area contributed by atoms with Crippen molar-refractivity contribution in [1.82, 2.24) is 15.5 Å². The zero-order valence-electron chi connectivity index (χ0n) is 15.9. The molecule has 0 spiro atoms. The molecule has 0 aliphatic heterocycles. The second-order valence-electron chi connectivity index (χ2n) is 7.00. The van der Waals surface area contributed by atoms with E-state index in [9.17, 15) is 4.79 Å². The van der Waals surface area contributed by atoms with E-state index >= 15 is 0 Å². The van der Waals surface area contributed by atoms with Crippen molar-refractivity contribution in [3.05, 3.63) is 41.4 Å². The zero-order valence-corrected chi connectivity index (χ0v) is 16.8. The summed E-state index contributed by atoms with van der Waals surface area (Å²) in [6.07, 6.45) is 6.92. The van der Waals surface area contributed by atoms with Crippen molar-refractivity contribution in [3.63, 3.8) is 0 Å². The average molecular weight is 390 g/mol. The highest BCUT2D eigenvalue weighted by atomic mass is 32.2. The smallest absolute Gasteiger partial charge is 0.254 e. The van der Waals surface area contributed by atoms with Crippen molar-refractivity contribution in [2.24, 2.45) is 5.92 Å². The van der Waals surface area contributed by atoms with Crippen molar-refractivity contribution in [2.45, 2.75) is 56.4 Å². The number of thioether (sulfide) groups is 1. The first-order chi connectivity index (χ1) is 13.1. The predicted molar refractivity (Wildman–Crippen MR) is 105 cm³/mol. The molecular formula is C20H27N3O3S. The van der Waals surface area contributed by atoms with Crippen LogP contribution >= 0.6 is 11.8 Å². The molecule has 146 valence electrons. The number of aryl methyl sites for hydroxylation is 1. The maximum absolute atomic E-state index is 12.5. The predicted octanol–water partition coefficient (Wildman–Crippen LogP) is 4.00. The molecule has 0 unspecified atom stereocenters. The molecule has 7 heteroatoms. The van der Waals surface area contributed by atoms with Gasteiger partial charge < -0.3 is 14.6 Å². The van der Waals surface area contributed by atoms with E-state index < -0.39 is 0 Å². The van der Waals surface area contributed by atoms with Crippen LogP contribution in [0.15, 0.2) is 33.9 Å². The van der Waals surface area contributed by atoms with E-state index in [1.807, 2.05) is 13.0 Å². The van der Waals surface area contributed by atoms with E-state index in [1.165, 1.54) is 31.0 Å². The van der Waals surface area contributed by atoms with Gasteiger partial charge in [0.05, 0.1) is 24.0 Å². The van der Waals surface area contributed by atoms with Crippen LogP contribution < -0.4 is 5.32 Å². The Hall–Kier alpha value is -1.86. The number of rotatable bonds is 8. The Kier molecular flexibility index (Phi) is 7.29. The third kappa shape index (κ3) is 5.81. The molecule has 6 nitrogen and oxygen atoms in total. The molecule has 0 bridgehead atoms. The summed E-state index contributed by atoms with van der Waals surface area (Å²) in [5.74, 6) is 1.87. The van der Waals surface area contributed by atoms with Crippen LogP contribution in [0.5, 0.6) is 0 Å². The normalized spacial score (nSPS) is 19.8. The fourth-order valence-corrected chi connectivity index (χ4v) is 4.18. The van der Waals surface area contributed by atoms with E-state index in [1.54, 1.807) is 18.3 Å².